The Bertz CT molecular complexity index is 335. The first-order chi connectivity index (χ1) is 6.77. The molecule has 0 atom stereocenters. The molecule has 0 aliphatic carbocycles. The van der Waals surface area contributed by atoms with Gasteiger partial charge in [-0.25, -0.2) is 0 Å². The zero-order valence-corrected chi connectivity index (χ0v) is 9.55. The largest absolute Gasteiger partial charge is 0.370 e. The first-order valence-corrected chi connectivity index (χ1v) is 5.78. The topological polar surface area (TPSA) is 15.3 Å². The summed E-state index contributed by atoms with van der Waals surface area (Å²) in [4.78, 5) is 2.45. The smallest absolute Gasteiger partial charge is 0.0367 e. The Labute approximate surface area is 92.4 Å². The zero-order valence-electron chi connectivity index (χ0n) is 7.96. The van der Waals surface area contributed by atoms with Crippen molar-refractivity contribution in [3.05, 3.63) is 28.7 Å². The molecule has 3 heteroatoms. The van der Waals surface area contributed by atoms with Crippen molar-refractivity contribution in [3.8, 4) is 0 Å². The molecule has 3 rings (SSSR count). The van der Waals surface area contributed by atoms with Crippen molar-refractivity contribution in [2.24, 2.45) is 5.41 Å². The van der Waals surface area contributed by atoms with Crippen LogP contribution in [0.4, 0.5) is 5.69 Å². The van der Waals surface area contributed by atoms with E-state index in [9.17, 15) is 0 Å². The summed E-state index contributed by atoms with van der Waals surface area (Å²) in [6.07, 6.45) is 0. The molecule has 0 radical (unpaired) electrons. The molecule has 0 aromatic heterocycles. The Balaban J connectivity index is 1.70. The molecule has 2 fully saturated rings. The predicted molar refractivity (Wildman–Crippen MR) is 61.7 cm³/mol. The van der Waals surface area contributed by atoms with Gasteiger partial charge >= 0.3 is 0 Å². The summed E-state index contributed by atoms with van der Waals surface area (Å²) in [6, 6.07) is 8.59. The van der Waals surface area contributed by atoms with Gasteiger partial charge in [0.15, 0.2) is 0 Å². The van der Waals surface area contributed by atoms with Crippen LogP contribution in [-0.4, -0.2) is 26.2 Å². The van der Waals surface area contributed by atoms with E-state index in [1.165, 1.54) is 31.9 Å². The molecule has 0 amide bonds. The fourth-order valence-electron chi connectivity index (χ4n) is 2.30. The van der Waals surface area contributed by atoms with E-state index >= 15 is 0 Å². The van der Waals surface area contributed by atoms with Gasteiger partial charge in [0.25, 0.3) is 0 Å². The van der Waals surface area contributed by atoms with E-state index in [1.807, 2.05) is 0 Å². The van der Waals surface area contributed by atoms with Crippen molar-refractivity contribution in [2.45, 2.75) is 0 Å². The molecular formula is C11H13BrN2. The molecule has 1 aromatic rings. The summed E-state index contributed by atoms with van der Waals surface area (Å²) in [5.41, 5.74) is 1.97. The van der Waals surface area contributed by atoms with Gasteiger partial charge in [0.05, 0.1) is 0 Å². The highest BCUT2D eigenvalue weighted by molar-refractivity contribution is 9.10. The van der Waals surface area contributed by atoms with Gasteiger partial charge in [-0.1, -0.05) is 15.9 Å². The van der Waals surface area contributed by atoms with Gasteiger partial charge in [-0.15, -0.1) is 0 Å². The van der Waals surface area contributed by atoms with Crippen LogP contribution in [0.3, 0.4) is 0 Å². The minimum Gasteiger partial charge on any atom is -0.370 e. The molecule has 2 aliphatic heterocycles. The fraction of sp³-hybridized carbons (Fsp3) is 0.455. The van der Waals surface area contributed by atoms with Crippen LogP contribution in [0.25, 0.3) is 0 Å². The van der Waals surface area contributed by atoms with Crippen LogP contribution in [0.2, 0.25) is 0 Å². The highest BCUT2D eigenvalue weighted by atomic mass is 79.9. The Kier molecular flexibility index (Phi) is 1.86. The Morgan fingerprint density at radius 1 is 1.14 bits per heavy atom. The Hall–Kier alpha value is -0.540. The van der Waals surface area contributed by atoms with E-state index in [0.29, 0.717) is 5.41 Å². The van der Waals surface area contributed by atoms with E-state index < -0.39 is 0 Å². The van der Waals surface area contributed by atoms with Gasteiger partial charge in [-0.05, 0) is 24.3 Å². The molecule has 1 aromatic carbocycles. The molecular weight excluding hydrogens is 240 g/mol. The highest BCUT2D eigenvalue weighted by Crippen LogP contribution is 2.37. The molecule has 74 valence electrons. The summed E-state index contributed by atoms with van der Waals surface area (Å²) < 4.78 is 1.15. The number of benzene rings is 1. The van der Waals surface area contributed by atoms with Gasteiger partial charge in [0, 0.05) is 41.8 Å². The van der Waals surface area contributed by atoms with Gasteiger partial charge in [-0.3, -0.25) is 0 Å². The van der Waals surface area contributed by atoms with Crippen molar-refractivity contribution in [3.63, 3.8) is 0 Å². The summed E-state index contributed by atoms with van der Waals surface area (Å²) >= 11 is 3.45. The molecule has 0 unspecified atom stereocenters. The van der Waals surface area contributed by atoms with E-state index in [2.05, 4.69) is 50.4 Å². The van der Waals surface area contributed by atoms with Crippen molar-refractivity contribution >= 4 is 21.6 Å². The van der Waals surface area contributed by atoms with E-state index in [-0.39, 0.29) is 0 Å². The molecule has 2 saturated heterocycles. The maximum Gasteiger partial charge on any atom is 0.0367 e. The average molecular weight is 253 g/mol. The lowest BCUT2D eigenvalue weighted by molar-refractivity contribution is 0.121. The van der Waals surface area contributed by atoms with Crippen molar-refractivity contribution < 1.29 is 0 Å². The SMILES string of the molecule is Brc1ccc(N2CC3(CNC3)C2)cc1. The molecule has 2 heterocycles. The van der Waals surface area contributed by atoms with Crippen LogP contribution in [0, 0.1) is 5.41 Å². The van der Waals surface area contributed by atoms with Gasteiger partial charge in [0.1, 0.15) is 0 Å². The zero-order chi connectivity index (χ0) is 9.60. The summed E-state index contributed by atoms with van der Waals surface area (Å²) in [5.74, 6) is 0. The molecule has 2 aliphatic rings. The number of rotatable bonds is 1. The van der Waals surface area contributed by atoms with Gasteiger partial charge in [0.2, 0.25) is 0 Å². The van der Waals surface area contributed by atoms with Crippen LogP contribution in [0.5, 0.6) is 0 Å². The number of hydrogen-bond donors (Lipinski definition) is 1. The molecule has 2 nitrogen and oxygen atoms in total. The lowest BCUT2D eigenvalue weighted by Gasteiger charge is -2.57. The molecule has 0 saturated carbocycles. The van der Waals surface area contributed by atoms with Crippen molar-refractivity contribution in [1.29, 1.82) is 0 Å². The van der Waals surface area contributed by atoms with Gasteiger partial charge in [-0.2, -0.15) is 0 Å². The summed E-state index contributed by atoms with van der Waals surface area (Å²) in [5, 5.41) is 3.35. The molecule has 1 spiro atoms. The predicted octanol–water partition coefficient (Wildman–Crippen LogP) is 1.86. The first-order valence-electron chi connectivity index (χ1n) is 4.99. The van der Waals surface area contributed by atoms with Gasteiger partial charge < -0.3 is 10.2 Å². The monoisotopic (exact) mass is 252 g/mol. The number of hydrogen-bond acceptors (Lipinski definition) is 2. The number of anilines is 1. The normalized spacial score (nSPS) is 23.1. The third kappa shape index (κ3) is 1.27. The molecule has 1 N–H and O–H groups in total. The fourth-order valence-corrected chi connectivity index (χ4v) is 2.56. The standard InChI is InChI=1S/C11H13BrN2/c12-9-1-3-10(4-2-9)14-7-11(8-14)5-13-6-11/h1-4,13H,5-8H2. The first kappa shape index (κ1) is 8.74. The van der Waals surface area contributed by atoms with Crippen molar-refractivity contribution in [1.82, 2.24) is 5.32 Å². The van der Waals surface area contributed by atoms with E-state index in [1.54, 1.807) is 0 Å². The Morgan fingerprint density at radius 2 is 1.79 bits per heavy atom. The second kappa shape index (κ2) is 2.97. The molecule has 14 heavy (non-hydrogen) atoms. The van der Waals surface area contributed by atoms with Crippen LogP contribution in [-0.2, 0) is 0 Å². The van der Waals surface area contributed by atoms with E-state index in [0.717, 1.165) is 4.47 Å². The summed E-state index contributed by atoms with van der Waals surface area (Å²) in [7, 11) is 0. The number of halogens is 1. The van der Waals surface area contributed by atoms with Crippen LogP contribution < -0.4 is 10.2 Å². The third-order valence-corrected chi connectivity index (χ3v) is 3.77. The number of nitrogens with one attached hydrogen (secondary N) is 1. The van der Waals surface area contributed by atoms with Crippen molar-refractivity contribution in [2.75, 3.05) is 31.1 Å². The van der Waals surface area contributed by atoms with Crippen LogP contribution in [0.15, 0.2) is 28.7 Å². The molecule has 0 bridgehead atoms. The maximum absolute atomic E-state index is 3.45. The lowest BCUT2D eigenvalue weighted by atomic mass is 9.74. The average Bonchev–Trinajstić information content (AvgIpc) is 2.03. The highest BCUT2D eigenvalue weighted by Gasteiger charge is 2.47. The second-order valence-electron chi connectivity index (χ2n) is 4.44. The summed E-state index contributed by atoms with van der Waals surface area (Å²) in [6.45, 7) is 4.86. The van der Waals surface area contributed by atoms with E-state index in [4.69, 9.17) is 0 Å². The maximum atomic E-state index is 3.45. The Morgan fingerprint density at radius 3 is 2.29 bits per heavy atom. The number of nitrogens with zero attached hydrogens (tertiary/aromatic N) is 1. The second-order valence-corrected chi connectivity index (χ2v) is 5.35. The van der Waals surface area contributed by atoms with Crippen LogP contribution >= 0.6 is 15.9 Å². The minimum atomic E-state index is 0.618. The third-order valence-electron chi connectivity index (χ3n) is 3.24. The van der Waals surface area contributed by atoms with Crippen LogP contribution in [0.1, 0.15) is 0 Å². The minimum absolute atomic E-state index is 0.618. The quantitative estimate of drug-likeness (QED) is 0.821. The lowest BCUT2D eigenvalue weighted by Crippen LogP contribution is -2.71.